The van der Waals surface area contributed by atoms with Crippen molar-refractivity contribution in [3.8, 4) is 0 Å². The Balaban J connectivity index is 5.00. The zero-order chi connectivity index (χ0) is 61.4. The number of carbonyl (C=O) groups is 2. The first-order chi connectivity index (χ1) is 40.9. The molecule has 496 valence electrons. The normalized spacial score (nSPS) is 13.7. The number of nitrogens with one attached hydrogen (secondary N) is 1. The molecule has 0 aromatic carbocycles. The van der Waals surface area contributed by atoms with Crippen LogP contribution in [0.25, 0.3) is 0 Å². The van der Waals surface area contributed by atoms with Gasteiger partial charge in [0, 0.05) is 12.8 Å². The molecule has 0 fully saturated rings. The molecule has 3 unspecified atom stereocenters. The molecule has 0 rings (SSSR count). The summed E-state index contributed by atoms with van der Waals surface area (Å²) in [6, 6.07) is -0.845. The summed E-state index contributed by atoms with van der Waals surface area (Å²) in [6.45, 7) is 7.06. The first kappa shape index (κ1) is 82.2. The van der Waals surface area contributed by atoms with Crippen molar-refractivity contribution < 1.29 is 37.3 Å². The zero-order valence-electron chi connectivity index (χ0n) is 56.9. The molecular weight excluding hydrogens is 1060 g/mol. The highest BCUT2D eigenvalue weighted by Gasteiger charge is 2.30. The number of ether oxygens (including phenoxy) is 1. The van der Waals surface area contributed by atoms with Gasteiger partial charge in [-0.25, -0.2) is 4.57 Å². The quantitative estimate of drug-likeness (QED) is 0.0205. The molecule has 0 aliphatic rings. The van der Waals surface area contributed by atoms with E-state index in [1.165, 1.54) is 276 Å². The highest BCUT2D eigenvalue weighted by molar-refractivity contribution is 7.47. The minimum atomic E-state index is -4.45. The highest BCUT2D eigenvalue weighted by Crippen LogP contribution is 2.43. The largest absolute Gasteiger partial charge is 0.472 e. The minimum absolute atomic E-state index is 0.0434. The number of amides is 1. The standard InChI is InChI=1S/C74H143N2O7P/c1-7-10-13-16-19-22-25-28-30-32-34-36-38-40-42-44-46-48-51-54-57-60-63-66-73(77)75-71(70-82-84(79,80)81-69-68-76(4,5)6)72(65-62-59-56-53-50-27-24-21-18-15-12-9-3)83-74(78)67-64-61-58-55-52-49-47-45-43-41-39-37-35-33-31-29-26-23-20-17-14-11-8-2/h20,23,29,31,62,65,71-72H,7-19,21-22,24-28,30,32-61,63-64,66-70H2,1-6H3,(H-,75,77,79,80)/p+1/b23-20-,31-29-,65-62+. The average Bonchev–Trinajstić information content (AvgIpc) is 3.65. The third-order valence-corrected chi connectivity index (χ3v) is 17.8. The van der Waals surface area contributed by atoms with E-state index in [0.29, 0.717) is 23.9 Å². The van der Waals surface area contributed by atoms with Gasteiger partial charge in [0.25, 0.3) is 0 Å². The number of hydrogen-bond acceptors (Lipinski definition) is 6. The molecule has 10 heteroatoms. The average molecular weight is 1200 g/mol. The molecule has 0 aromatic rings. The van der Waals surface area contributed by atoms with Crippen molar-refractivity contribution in [2.45, 2.75) is 386 Å². The summed E-state index contributed by atoms with van der Waals surface area (Å²) < 4.78 is 30.9. The van der Waals surface area contributed by atoms with Gasteiger partial charge in [0.05, 0.1) is 33.8 Å². The summed E-state index contributed by atoms with van der Waals surface area (Å²) in [5.41, 5.74) is 0. The number of rotatable bonds is 68. The second-order valence-corrected chi connectivity index (χ2v) is 27.9. The summed E-state index contributed by atoms with van der Waals surface area (Å²) in [5, 5.41) is 3.08. The Hall–Kier alpha value is -1.77. The summed E-state index contributed by atoms with van der Waals surface area (Å²) in [7, 11) is 1.52. The van der Waals surface area contributed by atoms with E-state index in [2.05, 4.69) is 56.5 Å². The van der Waals surface area contributed by atoms with E-state index in [0.717, 1.165) is 64.2 Å². The van der Waals surface area contributed by atoms with Crippen molar-refractivity contribution in [2.75, 3.05) is 40.9 Å². The Morgan fingerprint density at radius 2 is 0.726 bits per heavy atom. The van der Waals surface area contributed by atoms with Crippen LogP contribution in [0.3, 0.4) is 0 Å². The lowest BCUT2D eigenvalue weighted by Gasteiger charge is -2.27. The van der Waals surface area contributed by atoms with Gasteiger partial charge in [-0.1, -0.05) is 334 Å². The molecule has 3 atom stereocenters. The number of nitrogens with zero attached hydrogens (tertiary/aromatic N) is 1. The van der Waals surface area contributed by atoms with Crippen LogP contribution in [-0.2, 0) is 27.9 Å². The topological polar surface area (TPSA) is 111 Å². The lowest BCUT2D eigenvalue weighted by atomic mass is 10.0. The van der Waals surface area contributed by atoms with Gasteiger partial charge in [0.15, 0.2) is 0 Å². The summed E-state index contributed by atoms with van der Waals surface area (Å²) in [5.74, 6) is -0.484. The number of unbranched alkanes of at least 4 members (excludes halogenated alkanes) is 48. The molecule has 0 saturated carbocycles. The Morgan fingerprint density at radius 3 is 1.10 bits per heavy atom. The number of likely N-dealkylation sites (N-methyl/N-ethyl adjacent to an activating group) is 1. The molecule has 0 saturated heterocycles. The molecule has 0 aliphatic heterocycles. The maximum absolute atomic E-state index is 13.6. The maximum Gasteiger partial charge on any atom is 0.472 e. The zero-order valence-corrected chi connectivity index (χ0v) is 57.8. The Labute approximate surface area is 523 Å². The smallest absolute Gasteiger partial charge is 0.456 e. The second kappa shape index (κ2) is 64.2. The van der Waals surface area contributed by atoms with Gasteiger partial charge >= 0.3 is 13.8 Å². The van der Waals surface area contributed by atoms with Crippen LogP contribution in [0.1, 0.15) is 374 Å². The Kier molecular flexibility index (Phi) is 62.9. The van der Waals surface area contributed by atoms with Crippen LogP contribution in [0, 0.1) is 0 Å². The molecule has 0 spiro atoms. The van der Waals surface area contributed by atoms with Crippen LogP contribution < -0.4 is 5.32 Å². The summed E-state index contributed by atoms with van der Waals surface area (Å²) in [4.78, 5) is 37.9. The van der Waals surface area contributed by atoms with Crippen molar-refractivity contribution >= 4 is 19.7 Å². The highest BCUT2D eigenvalue weighted by atomic mass is 31.2. The third-order valence-electron chi connectivity index (χ3n) is 16.8. The van der Waals surface area contributed by atoms with Crippen LogP contribution in [0.4, 0.5) is 0 Å². The molecule has 84 heavy (non-hydrogen) atoms. The van der Waals surface area contributed by atoms with Crippen molar-refractivity contribution in [1.29, 1.82) is 0 Å². The number of carbonyl (C=O) groups excluding carboxylic acids is 2. The molecular formula is C74H144N2O7P+. The molecule has 1 amide bonds. The first-order valence-corrected chi connectivity index (χ1v) is 38.3. The number of phosphoric acid groups is 1. The minimum Gasteiger partial charge on any atom is -0.456 e. The predicted octanol–water partition coefficient (Wildman–Crippen LogP) is 23.4. The SMILES string of the molecule is CCCCC/C=C\C/C=C\CCCCCCCCCCCCCCCC(=O)OC(/C=C/CCCCCCCCCCCC)C(COP(=O)(O)OCC[N+](C)(C)C)NC(=O)CCCCCCCCCCCCCCCCCCCCCCCCC. The van der Waals surface area contributed by atoms with Crippen molar-refractivity contribution in [1.82, 2.24) is 5.32 Å². The van der Waals surface area contributed by atoms with Gasteiger partial charge < -0.3 is 19.4 Å². The van der Waals surface area contributed by atoms with Crippen molar-refractivity contribution in [3.05, 3.63) is 36.5 Å². The molecule has 0 aromatic heterocycles. The molecule has 0 aliphatic carbocycles. The summed E-state index contributed by atoms with van der Waals surface area (Å²) >= 11 is 0. The van der Waals surface area contributed by atoms with E-state index >= 15 is 0 Å². The van der Waals surface area contributed by atoms with Gasteiger partial charge in [-0.15, -0.1) is 0 Å². The Morgan fingerprint density at radius 1 is 0.417 bits per heavy atom. The lowest BCUT2D eigenvalue weighted by Crippen LogP contribution is -2.47. The third kappa shape index (κ3) is 64.7. The van der Waals surface area contributed by atoms with Crippen LogP contribution in [0.5, 0.6) is 0 Å². The number of quaternary nitrogens is 1. The number of allylic oxidation sites excluding steroid dienone is 5. The van der Waals surface area contributed by atoms with Crippen LogP contribution in [0.15, 0.2) is 36.5 Å². The number of hydrogen-bond donors (Lipinski definition) is 2. The van der Waals surface area contributed by atoms with E-state index in [-0.39, 0.29) is 25.1 Å². The second-order valence-electron chi connectivity index (χ2n) is 26.5. The van der Waals surface area contributed by atoms with Crippen LogP contribution in [-0.4, -0.2) is 74.3 Å². The summed E-state index contributed by atoms with van der Waals surface area (Å²) in [6.07, 6.45) is 80.2. The fraction of sp³-hybridized carbons (Fsp3) is 0.892. The van der Waals surface area contributed by atoms with Crippen molar-refractivity contribution in [2.24, 2.45) is 0 Å². The van der Waals surface area contributed by atoms with Gasteiger partial charge in [0.2, 0.25) is 5.91 Å². The first-order valence-electron chi connectivity index (χ1n) is 36.8. The fourth-order valence-corrected chi connectivity index (χ4v) is 11.9. The predicted molar refractivity (Wildman–Crippen MR) is 365 cm³/mol. The fourth-order valence-electron chi connectivity index (χ4n) is 11.2. The van der Waals surface area contributed by atoms with Crippen LogP contribution >= 0.6 is 7.82 Å². The molecule has 2 N–H and O–H groups in total. The van der Waals surface area contributed by atoms with Gasteiger partial charge in [-0.05, 0) is 63.9 Å². The van der Waals surface area contributed by atoms with E-state index in [4.69, 9.17) is 13.8 Å². The molecule has 0 heterocycles. The van der Waals surface area contributed by atoms with Gasteiger partial charge in [-0.3, -0.25) is 18.6 Å². The molecule has 9 nitrogen and oxygen atoms in total. The Bertz CT molecular complexity index is 1530. The van der Waals surface area contributed by atoms with Crippen molar-refractivity contribution in [3.63, 3.8) is 0 Å². The van der Waals surface area contributed by atoms with E-state index in [9.17, 15) is 19.0 Å². The van der Waals surface area contributed by atoms with E-state index in [1.54, 1.807) is 0 Å². The van der Waals surface area contributed by atoms with Gasteiger partial charge in [0.1, 0.15) is 19.3 Å². The number of phosphoric ester groups is 1. The lowest BCUT2D eigenvalue weighted by molar-refractivity contribution is -0.870. The maximum atomic E-state index is 13.6. The van der Waals surface area contributed by atoms with E-state index in [1.807, 2.05) is 27.2 Å². The molecule has 0 bridgehead atoms. The monoisotopic (exact) mass is 1200 g/mol. The van der Waals surface area contributed by atoms with E-state index < -0.39 is 20.0 Å². The van der Waals surface area contributed by atoms with Gasteiger partial charge in [-0.2, -0.15) is 0 Å². The molecule has 0 radical (unpaired) electrons. The number of esters is 1. The van der Waals surface area contributed by atoms with Crippen LogP contribution in [0.2, 0.25) is 0 Å².